The molecule has 19 heavy (non-hydrogen) atoms. The summed E-state index contributed by atoms with van der Waals surface area (Å²) in [5.41, 5.74) is 6.49. The van der Waals surface area contributed by atoms with Crippen molar-refractivity contribution in [2.24, 2.45) is 15.9 Å². The van der Waals surface area contributed by atoms with Crippen LogP contribution >= 0.6 is 11.9 Å². The van der Waals surface area contributed by atoms with E-state index >= 15 is 0 Å². The van der Waals surface area contributed by atoms with Gasteiger partial charge in [-0.15, -0.1) is 0 Å². The van der Waals surface area contributed by atoms with E-state index in [0.29, 0.717) is 12.4 Å². The van der Waals surface area contributed by atoms with Crippen molar-refractivity contribution in [3.8, 4) is 0 Å². The molecule has 0 atom stereocenters. The number of rotatable bonds is 10. The average Bonchev–Trinajstić information content (AvgIpc) is 2.44. The normalized spacial score (nSPS) is 13.4. The van der Waals surface area contributed by atoms with E-state index in [1.54, 1.807) is 24.6 Å². The van der Waals surface area contributed by atoms with Gasteiger partial charge in [-0.3, -0.25) is 5.14 Å². The van der Waals surface area contributed by atoms with Gasteiger partial charge in [0.2, 0.25) is 5.88 Å². The fourth-order valence-corrected chi connectivity index (χ4v) is 1.47. The van der Waals surface area contributed by atoms with Gasteiger partial charge in [-0.1, -0.05) is 37.6 Å². The zero-order valence-corrected chi connectivity index (χ0v) is 12.2. The maximum atomic E-state index is 5.45. The van der Waals surface area contributed by atoms with Crippen molar-refractivity contribution in [3.63, 3.8) is 0 Å². The molecular weight excluding hydrogens is 258 g/mol. The topological polar surface area (TPSA) is 73.6 Å². The first-order valence-corrected chi connectivity index (χ1v) is 7.22. The molecule has 0 saturated carbocycles. The molecule has 0 aliphatic heterocycles. The van der Waals surface area contributed by atoms with Crippen LogP contribution in [0.25, 0.3) is 0 Å². The predicted octanol–water partition coefficient (Wildman–Crippen LogP) is 2.91. The van der Waals surface area contributed by atoms with Crippen molar-refractivity contribution in [1.82, 2.24) is 0 Å². The third-order valence-electron chi connectivity index (χ3n) is 1.98. The van der Waals surface area contributed by atoms with Crippen LogP contribution in [0.2, 0.25) is 0 Å². The van der Waals surface area contributed by atoms with E-state index in [4.69, 9.17) is 15.6 Å². The lowest BCUT2D eigenvalue weighted by Gasteiger charge is -2.00. The van der Waals surface area contributed by atoms with Gasteiger partial charge in [0, 0.05) is 12.0 Å². The minimum atomic E-state index is 0.560. The molecule has 0 fully saturated rings. The molecule has 0 aromatic heterocycles. The van der Waals surface area contributed by atoms with E-state index in [1.807, 2.05) is 19.1 Å². The van der Waals surface area contributed by atoms with Crippen LogP contribution in [-0.4, -0.2) is 18.5 Å². The molecule has 0 unspecified atom stereocenters. The molecule has 0 bridgehead atoms. The van der Waals surface area contributed by atoms with Gasteiger partial charge in [-0.2, -0.15) is 0 Å². The summed E-state index contributed by atoms with van der Waals surface area (Å²) >= 11 is 1.26. The average molecular weight is 281 g/mol. The van der Waals surface area contributed by atoms with E-state index in [1.165, 1.54) is 11.9 Å². The van der Waals surface area contributed by atoms with Gasteiger partial charge in [0.1, 0.15) is 0 Å². The van der Waals surface area contributed by atoms with E-state index in [9.17, 15) is 0 Å². The van der Waals surface area contributed by atoms with Gasteiger partial charge >= 0.3 is 0 Å². The molecule has 5 heteroatoms. The fraction of sp³-hybridized carbons (Fsp3) is 0.357. The zero-order chi connectivity index (χ0) is 14.3. The van der Waals surface area contributed by atoms with E-state index in [-0.39, 0.29) is 0 Å². The largest absolute Gasteiger partial charge is 0.447 e. The lowest BCUT2D eigenvalue weighted by atomic mass is 10.3. The third kappa shape index (κ3) is 10.3. The molecule has 0 rings (SSSR count). The van der Waals surface area contributed by atoms with Crippen molar-refractivity contribution >= 4 is 18.2 Å². The van der Waals surface area contributed by atoms with E-state index in [2.05, 4.69) is 11.6 Å². The predicted molar refractivity (Wildman–Crippen MR) is 85.7 cm³/mol. The zero-order valence-electron chi connectivity index (χ0n) is 11.4. The minimum absolute atomic E-state index is 0.560. The Kier molecular flexibility index (Phi) is 12.2. The Bertz CT molecular complexity index is 360. The lowest BCUT2D eigenvalue weighted by Crippen LogP contribution is -1.96. The minimum Gasteiger partial charge on any atom is -0.447 e. The molecule has 0 aliphatic rings. The summed E-state index contributed by atoms with van der Waals surface area (Å²) in [5.74, 6) is 1.28. The van der Waals surface area contributed by atoms with E-state index in [0.717, 1.165) is 24.2 Å². The van der Waals surface area contributed by atoms with Crippen LogP contribution in [0.5, 0.6) is 0 Å². The van der Waals surface area contributed by atoms with Crippen LogP contribution in [0.3, 0.4) is 0 Å². The second kappa shape index (κ2) is 13.1. The number of hydrogen-bond acceptors (Lipinski definition) is 5. The first kappa shape index (κ1) is 17.7. The van der Waals surface area contributed by atoms with Crippen LogP contribution in [-0.2, 0) is 4.74 Å². The monoisotopic (exact) mass is 281 g/mol. The summed E-state index contributed by atoms with van der Waals surface area (Å²) in [6, 6.07) is 0. The Morgan fingerprint density at radius 2 is 2.26 bits per heavy atom. The van der Waals surface area contributed by atoms with Crippen molar-refractivity contribution in [3.05, 3.63) is 48.6 Å². The first-order valence-electron chi connectivity index (χ1n) is 6.17. The number of nitrogens with two attached hydrogens (primary N) is 2. The Labute approximate surface area is 120 Å². The van der Waals surface area contributed by atoms with Gasteiger partial charge in [-0.25, -0.2) is 4.99 Å². The van der Waals surface area contributed by atoms with Crippen LogP contribution in [0.1, 0.15) is 19.8 Å². The smallest absolute Gasteiger partial charge is 0.213 e. The molecule has 0 amide bonds. The van der Waals surface area contributed by atoms with Crippen molar-refractivity contribution in [2.45, 2.75) is 19.8 Å². The summed E-state index contributed by atoms with van der Waals surface area (Å²) in [6.45, 7) is 6.31. The molecule has 0 spiro atoms. The Balaban J connectivity index is 4.45. The molecule has 4 N–H and O–H groups in total. The summed E-state index contributed by atoms with van der Waals surface area (Å²) in [6.07, 6.45) is 12.3. The first-order chi connectivity index (χ1) is 9.28. The third-order valence-corrected chi connectivity index (χ3v) is 2.48. The SMILES string of the molecule is C=C/C(=C\C=C\O/C(=C/CCN)N=CCC)CSN. The second-order valence-corrected chi connectivity index (χ2v) is 4.16. The quantitative estimate of drug-likeness (QED) is 0.279. The molecule has 0 aromatic carbocycles. The van der Waals surface area contributed by atoms with Gasteiger partial charge in [0.25, 0.3) is 0 Å². The molecule has 0 aliphatic carbocycles. The van der Waals surface area contributed by atoms with Crippen LogP contribution in [0.15, 0.2) is 53.6 Å². The Morgan fingerprint density at radius 1 is 1.47 bits per heavy atom. The van der Waals surface area contributed by atoms with E-state index < -0.39 is 0 Å². The number of aliphatic imine (C=N–C) groups is 1. The van der Waals surface area contributed by atoms with Crippen molar-refractivity contribution < 1.29 is 4.74 Å². The molecule has 106 valence electrons. The van der Waals surface area contributed by atoms with Crippen LogP contribution in [0, 0.1) is 0 Å². The Hall–Kier alpha value is -1.30. The molecule has 0 radical (unpaired) electrons. The van der Waals surface area contributed by atoms with Crippen molar-refractivity contribution in [2.75, 3.05) is 12.3 Å². The fourth-order valence-electron chi connectivity index (χ4n) is 1.06. The second-order valence-electron chi connectivity index (χ2n) is 3.54. The molecule has 0 saturated heterocycles. The summed E-state index contributed by atoms with van der Waals surface area (Å²) in [4.78, 5) is 4.19. The van der Waals surface area contributed by atoms with Gasteiger partial charge in [0.05, 0.1) is 6.26 Å². The number of ether oxygens (including phenoxy) is 1. The highest BCUT2D eigenvalue weighted by Gasteiger charge is 1.91. The highest BCUT2D eigenvalue weighted by Crippen LogP contribution is 2.05. The molecular formula is C14H23N3OS. The number of allylic oxidation sites excluding steroid dienone is 3. The molecule has 0 aromatic rings. The lowest BCUT2D eigenvalue weighted by molar-refractivity contribution is 0.345. The summed E-state index contributed by atoms with van der Waals surface area (Å²) < 4.78 is 5.43. The van der Waals surface area contributed by atoms with Crippen molar-refractivity contribution in [1.29, 1.82) is 0 Å². The van der Waals surface area contributed by atoms with Crippen LogP contribution < -0.4 is 10.9 Å². The maximum Gasteiger partial charge on any atom is 0.213 e. The highest BCUT2D eigenvalue weighted by molar-refractivity contribution is 7.97. The number of nitrogens with zero attached hydrogens (tertiary/aromatic N) is 1. The highest BCUT2D eigenvalue weighted by atomic mass is 32.2. The standard InChI is InChI=1S/C14H23N3OS/c1-3-10-17-14(8-5-9-15)18-11-6-7-13(4-2)12-19-16/h4,6-8,10-11H,2-3,5,9,12,15-16H2,1H3/b11-6+,13-7+,14-8+,17-10?. The maximum absolute atomic E-state index is 5.45. The van der Waals surface area contributed by atoms with Crippen LogP contribution in [0.4, 0.5) is 0 Å². The van der Waals surface area contributed by atoms with Gasteiger partial charge < -0.3 is 10.5 Å². The van der Waals surface area contributed by atoms with Gasteiger partial charge in [-0.05, 0) is 37.1 Å². The molecule has 4 nitrogen and oxygen atoms in total. The summed E-state index contributed by atoms with van der Waals surface area (Å²) in [7, 11) is 0. The number of hydrogen-bond donors (Lipinski definition) is 2. The van der Waals surface area contributed by atoms with Gasteiger partial charge in [0.15, 0.2) is 0 Å². The Morgan fingerprint density at radius 3 is 2.84 bits per heavy atom. The summed E-state index contributed by atoms with van der Waals surface area (Å²) in [5, 5.41) is 5.40. The molecule has 0 heterocycles.